The Hall–Kier alpha value is -0.710. The third-order valence-electron chi connectivity index (χ3n) is 2.35. The topological polar surface area (TPSA) is 38.9 Å². The molecule has 4 heteroatoms. The number of aryl methyl sites for hydroxylation is 1. The summed E-state index contributed by atoms with van der Waals surface area (Å²) in [6.45, 7) is 4.00. The highest BCUT2D eigenvalue weighted by atomic mass is 79.9. The molecule has 0 amide bonds. The molecule has 2 nitrogen and oxygen atoms in total. The Morgan fingerprint density at radius 3 is 2.62 bits per heavy atom. The van der Waals surface area contributed by atoms with E-state index in [0.29, 0.717) is 0 Å². The lowest BCUT2D eigenvalue weighted by Crippen LogP contribution is -2.03. The Kier molecular flexibility index (Phi) is 3.42. The van der Waals surface area contributed by atoms with Crippen LogP contribution in [0, 0.1) is 6.92 Å². The monoisotopic (exact) mass is 296 g/mol. The van der Waals surface area contributed by atoms with Gasteiger partial charge >= 0.3 is 0 Å². The molecule has 0 saturated carbocycles. The van der Waals surface area contributed by atoms with Crippen molar-refractivity contribution < 1.29 is 0 Å². The quantitative estimate of drug-likeness (QED) is 0.913. The summed E-state index contributed by atoms with van der Waals surface area (Å²) in [5.74, 6) is 0. The highest BCUT2D eigenvalue weighted by molar-refractivity contribution is 9.10. The fourth-order valence-corrected chi connectivity index (χ4v) is 3.24. The minimum absolute atomic E-state index is 0.0498. The van der Waals surface area contributed by atoms with Gasteiger partial charge < -0.3 is 5.73 Å². The third-order valence-corrected chi connectivity index (χ3v) is 4.43. The van der Waals surface area contributed by atoms with Crippen LogP contribution >= 0.6 is 27.3 Å². The summed E-state index contributed by atoms with van der Waals surface area (Å²) in [5, 5.41) is 1.03. The highest BCUT2D eigenvalue weighted by Crippen LogP contribution is 2.34. The van der Waals surface area contributed by atoms with Crippen molar-refractivity contribution in [1.29, 1.82) is 0 Å². The van der Waals surface area contributed by atoms with Crippen molar-refractivity contribution in [3.8, 4) is 10.6 Å². The molecule has 1 atom stereocenters. The molecule has 0 spiro atoms. The molecule has 0 saturated heterocycles. The van der Waals surface area contributed by atoms with Gasteiger partial charge in [0.15, 0.2) is 0 Å². The molecule has 2 rings (SSSR count). The number of thiazole rings is 1. The molecule has 2 N–H and O–H groups in total. The maximum Gasteiger partial charge on any atom is 0.125 e. The predicted molar refractivity (Wildman–Crippen MR) is 72.6 cm³/mol. The molecule has 0 aliphatic rings. The molecular weight excluding hydrogens is 284 g/mol. The Morgan fingerprint density at radius 1 is 1.38 bits per heavy atom. The highest BCUT2D eigenvalue weighted by Gasteiger charge is 2.13. The second kappa shape index (κ2) is 4.65. The first-order valence-corrected chi connectivity index (χ1v) is 6.68. The number of halogens is 1. The maximum absolute atomic E-state index is 5.90. The summed E-state index contributed by atoms with van der Waals surface area (Å²) < 4.78 is 1.07. The van der Waals surface area contributed by atoms with Crippen LogP contribution in [0.5, 0.6) is 0 Å². The lowest BCUT2D eigenvalue weighted by Gasteiger charge is -2.00. The molecule has 0 fully saturated rings. The van der Waals surface area contributed by atoms with E-state index in [2.05, 4.69) is 27.0 Å². The summed E-state index contributed by atoms with van der Waals surface area (Å²) in [6.07, 6.45) is 0. The van der Waals surface area contributed by atoms with Gasteiger partial charge in [-0.3, -0.25) is 0 Å². The van der Waals surface area contributed by atoms with Crippen LogP contribution < -0.4 is 5.73 Å². The Balaban J connectivity index is 2.50. The van der Waals surface area contributed by atoms with Gasteiger partial charge in [0, 0.05) is 21.0 Å². The van der Waals surface area contributed by atoms with E-state index in [1.165, 1.54) is 0 Å². The molecule has 0 radical (unpaired) electrons. The van der Waals surface area contributed by atoms with Crippen molar-refractivity contribution in [2.45, 2.75) is 19.9 Å². The summed E-state index contributed by atoms with van der Waals surface area (Å²) in [4.78, 5) is 5.73. The largest absolute Gasteiger partial charge is 0.323 e. The van der Waals surface area contributed by atoms with Crippen LogP contribution in [0.4, 0.5) is 0 Å². The van der Waals surface area contributed by atoms with Crippen molar-refractivity contribution in [3.05, 3.63) is 39.3 Å². The lowest BCUT2D eigenvalue weighted by atomic mass is 10.2. The van der Waals surface area contributed by atoms with E-state index in [1.54, 1.807) is 11.3 Å². The number of hydrogen-bond acceptors (Lipinski definition) is 3. The minimum atomic E-state index is 0.0498. The zero-order valence-corrected chi connectivity index (χ0v) is 11.6. The van der Waals surface area contributed by atoms with E-state index in [0.717, 1.165) is 25.6 Å². The molecule has 0 aliphatic heterocycles. The van der Waals surface area contributed by atoms with E-state index in [-0.39, 0.29) is 6.04 Å². The molecule has 0 aliphatic carbocycles. The normalized spacial score (nSPS) is 12.8. The van der Waals surface area contributed by atoms with E-state index >= 15 is 0 Å². The van der Waals surface area contributed by atoms with E-state index < -0.39 is 0 Å². The summed E-state index contributed by atoms with van der Waals surface area (Å²) in [6, 6.07) is 8.15. The van der Waals surface area contributed by atoms with Gasteiger partial charge in [-0.25, -0.2) is 4.98 Å². The average Bonchev–Trinajstić information content (AvgIpc) is 2.61. The summed E-state index contributed by atoms with van der Waals surface area (Å²) in [7, 11) is 0. The second-order valence-corrected chi connectivity index (χ2v) is 5.62. The van der Waals surface area contributed by atoms with E-state index in [4.69, 9.17) is 5.73 Å². The van der Waals surface area contributed by atoms with Crippen LogP contribution in [0.3, 0.4) is 0 Å². The van der Waals surface area contributed by atoms with Gasteiger partial charge in [0.25, 0.3) is 0 Å². The van der Waals surface area contributed by atoms with Crippen LogP contribution in [0.15, 0.2) is 28.7 Å². The number of hydrogen-bond donors (Lipinski definition) is 1. The fraction of sp³-hybridized carbons (Fsp3) is 0.250. The molecule has 0 unspecified atom stereocenters. The molecule has 1 aromatic heterocycles. The first-order chi connectivity index (χ1) is 7.59. The van der Waals surface area contributed by atoms with Crippen molar-refractivity contribution in [2.75, 3.05) is 0 Å². The minimum Gasteiger partial charge on any atom is -0.323 e. The standard InChI is InChI=1S/C12H13BrN2S/c1-7(14)11-8(2)15-12(16-11)9-5-3-4-6-10(9)13/h3-7H,14H2,1-2H3/t7-/m0/s1. The van der Waals surface area contributed by atoms with Gasteiger partial charge in [-0.05, 0) is 19.9 Å². The van der Waals surface area contributed by atoms with Gasteiger partial charge in [-0.2, -0.15) is 0 Å². The van der Waals surface area contributed by atoms with Crippen molar-refractivity contribution in [3.63, 3.8) is 0 Å². The molecule has 1 aromatic carbocycles. The summed E-state index contributed by atoms with van der Waals surface area (Å²) >= 11 is 5.21. The molecule has 1 heterocycles. The maximum atomic E-state index is 5.90. The number of nitrogens with two attached hydrogens (primary N) is 1. The van der Waals surface area contributed by atoms with E-state index in [9.17, 15) is 0 Å². The van der Waals surface area contributed by atoms with Crippen LogP contribution in [0.2, 0.25) is 0 Å². The zero-order chi connectivity index (χ0) is 11.7. The molecule has 16 heavy (non-hydrogen) atoms. The van der Waals surface area contributed by atoms with Crippen LogP contribution in [0.25, 0.3) is 10.6 Å². The SMILES string of the molecule is Cc1nc(-c2ccccc2Br)sc1[C@H](C)N. The summed E-state index contributed by atoms with van der Waals surface area (Å²) in [5.41, 5.74) is 8.06. The number of aromatic nitrogens is 1. The van der Waals surface area contributed by atoms with Crippen molar-refractivity contribution >= 4 is 27.3 Å². The second-order valence-electron chi connectivity index (χ2n) is 3.74. The number of benzene rings is 1. The number of rotatable bonds is 2. The van der Waals surface area contributed by atoms with Gasteiger partial charge in [-0.1, -0.05) is 34.1 Å². The van der Waals surface area contributed by atoms with Gasteiger partial charge in [-0.15, -0.1) is 11.3 Å². The van der Waals surface area contributed by atoms with Crippen LogP contribution in [-0.2, 0) is 0 Å². The lowest BCUT2D eigenvalue weighted by molar-refractivity contribution is 0.825. The van der Waals surface area contributed by atoms with Crippen molar-refractivity contribution in [2.24, 2.45) is 5.73 Å². The molecule has 84 valence electrons. The van der Waals surface area contributed by atoms with Crippen LogP contribution in [-0.4, -0.2) is 4.98 Å². The Labute approximate surface area is 108 Å². The van der Waals surface area contributed by atoms with Crippen LogP contribution in [0.1, 0.15) is 23.5 Å². The number of nitrogens with zero attached hydrogens (tertiary/aromatic N) is 1. The molecular formula is C12H13BrN2S. The zero-order valence-electron chi connectivity index (χ0n) is 9.20. The van der Waals surface area contributed by atoms with Gasteiger partial charge in [0.05, 0.1) is 5.69 Å². The smallest absolute Gasteiger partial charge is 0.125 e. The fourth-order valence-electron chi connectivity index (χ4n) is 1.58. The first-order valence-electron chi connectivity index (χ1n) is 5.07. The van der Waals surface area contributed by atoms with Gasteiger partial charge in [0.1, 0.15) is 5.01 Å². The first kappa shape index (κ1) is 11.8. The molecule has 0 bridgehead atoms. The molecule has 2 aromatic rings. The third kappa shape index (κ3) is 2.19. The van der Waals surface area contributed by atoms with Gasteiger partial charge in [0.2, 0.25) is 0 Å². The Morgan fingerprint density at radius 2 is 2.06 bits per heavy atom. The van der Waals surface area contributed by atoms with E-state index in [1.807, 2.05) is 32.0 Å². The predicted octanol–water partition coefficient (Wildman–Crippen LogP) is 3.90. The average molecular weight is 297 g/mol. The Bertz CT molecular complexity index is 505. The van der Waals surface area contributed by atoms with Crippen molar-refractivity contribution in [1.82, 2.24) is 4.98 Å².